The Morgan fingerprint density at radius 3 is 2.16 bits per heavy atom. The highest BCUT2D eigenvalue weighted by molar-refractivity contribution is 7.89. The summed E-state index contributed by atoms with van der Waals surface area (Å²) in [6.45, 7) is 1.92. The summed E-state index contributed by atoms with van der Waals surface area (Å²) < 4.78 is 24.4. The lowest BCUT2D eigenvalue weighted by Gasteiger charge is -2.19. The van der Waals surface area contributed by atoms with E-state index in [1.165, 1.54) is 0 Å². The molecule has 2 N–H and O–H groups in total. The molecule has 7 heteroatoms. The molecule has 0 saturated heterocycles. The first-order valence-electron chi connectivity index (χ1n) is 7.68. The molecule has 0 aliphatic carbocycles. The first-order chi connectivity index (χ1) is 11.7. The number of amides is 2. The third-order valence-corrected chi connectivity index (χ3v) is 4.11. The average Bonchev–Trinajstić information content (AvgIpc) is 2.54. The predicted molar refractivity (Wildman–Crippen MR) is 95.4 cm³/mol. The third-order valence-electron chi connectivity index (χ3n) is 3.51. The molecule has 0 aliphatic rings. The molecule has 0 aliphatic heterocycles. The van der Waals surface area contributed by atoms with Crippen LogP contribution in [-0.2, 0) is 14.8 Å². The first kappa shape index (κ1) is 18.7. The number of sulfonamides is 1. The maximum atomic E-state index is 12.4. The van der Waals surface area contributed by atoms with Crippen LogP contribution in [0.4, 0.5) is 0 Å². The number of hydrogen-bond donors (Lipinski definition) is 2. The van der Waals surface area contributed by atoms with E-state index in [1.807, 2.05) is 29.8 Å². The van der Waals surface area contributed by atoms with Crippen molar-refractivity contribution in [1.82, 2.24) is 10.0 Å². The monoisotopic (exact) mass is 360 g/mol. The summed E-state index contributed by atoms with van der Waals surface area (Å²) in [5.74, 6) is -1.01. The van der Waals surface area contributed by atoms with Crippen LogP contribution in [0.5, 0.6) is 0 Å². The molecule has 0 spiro atoms. The highest BCUT2D eigenvalue weighted by Gasteiger charge is 2.20. The summed E-state index contributed by atoms with van der Waals surface area (Å²) in [6.07, 6.45) is 0.724. The second kappa shape index (κ2) is 7.94. The van der Waals surface area contributed by atoms with Crippen molar-refractivity contribution in [1.29, 1.82) is 0 Å². The lowest BCUT2D eigenvalue weighted by atomic mass is 10.0. The molecule has 0 bridgehead atoms. The number of hydrogen-bond acceptors (Lipinski definition) is 4. The quantitative estimate of drug-likeness (QED) is 0.823. The number of carbonyl (C=O) groups excluding carboxylic acids is 2. The Hall–Kier alpha value is -2.67. The fourth-order valence-corrected chi connectivity index (χ4v) is 2.81. The van der Waals surface area contributed by atoms with Gasteiger partial charge in [-0.3, -0.25) is 14.3 Å². The largest absolute Gasteiger partial charge is 0.345 e. The Morgan fingerprint density at radius 1 is 1.00 bits per heavy atom. The normalized spacial score (nSPS) is 12.2. The van der Waals surface area contributed by atoms with Gasteiger partial charge in [-0.05, 0) is 24.6 Å². The summed E-state index contributed by atoms with van der Waals surface area (Å²) in [4.78, 5) is 24.4. The van der Waals surface area contributed by atoms with E-state index in [4.69, 9.17) is 0 Å². The lowest BCUT2D eigenvalue weighted by molar-refractivity contribution is -0.119. The van der Waals surface area contributed by atoms with E-state index >= 15 is 0 Å². The number of nitrogens with one attached hydrogen (secondary N) is 2. The molecule has 6 nitrogen and oxygen atoms in total. The van der Waals surface area contributed by atoms with Crippen LogP contribution in [0.15, 0.2) is 54.6 Å². The van der Waals surface area contributed by atoms with Crippen molar-refractivity contribution in [3.05, 3.63) is 71.3 Å². The minimum Gasteiger partial charge on any atom is -0.345 e. The standard InChI is InChI=1S/C18H20N2O4S/c1-13-8-10-15(11-9-13)18(22)19-16(14-6-4-3-5-7-14)12-17(21)20-25(2,23)24/h3-11,16H,12H2,1-2H3,(H,19,22)(H,20,21). The van der Waals surface area contributed by atoms with Crippen molar-refractivity contribution in [2.45, 2.75) is 19.4 Å². The van der Waals surface area contributed by atoms with E-state index in [2.05, 4.69) is 5.32 Å². The molecule has 0 heterocycles. The molecule has 2 aromatic carbocycles. The summed E-state index contributed by atoms with van der Waals surface area (Å²) >= 11 is 0. The lowest BCUT2D eigenvalue weighted by Crippen LogP contribution is -2.35. The highest BCUT2D eigenvalue weighted by atomic mass is 32.2. The molecule has 0 aromatic heterocycles. The van der Waals surface area contributed by atoms with Gasteiger partial charge in [0.1, 0.15) is 0 Å². The van der Waals surface area contributed by atoms with Gasteiger partial charge in [-0.25, -0.2) is 8.42 Å². The molecule has 2 aromatic rings. The minimum atomic E-state index is -3.65. The van der Waals surface area contributed by atoms with E-state index in [0.29, 0.717) is 11.1 Å². The van der Waals surface area contributed by atoms with Crippen molar-refractivity contribution in [2.75, 3.05) is 6.26 Å². The Labute approximate surface area is 147 Å². The Kier molecular flexibility index (Phi) is 5.93. The van der Waals surface area contributed by atoms with Crippen LogP contribution >= 0.6 is 0 Å². The SMILES string of the molecule is Cc1ccc(C(=O)NC(CC(=O)NS(C)(=O)=O)c2ccccc2)cc1. The van der Waals surface area contributed by atoms with E-state index in [1.54, 1.807) is 36.4 Å². The fraction of sp³-hybridized carbons (Fsp3) is 0.222. The molecule has 0 saturated carbocycles. The van der Waals surface area contributed by atoms with Crippen LogP contribution in [0.3, 0.4) is 0 Å². The first-order valence-corrected chi connectivity index (χ1v) is 9.57. The van der Waals surface area contributed by atoms with Crippen molar-refractivity contribution < 1.29 is 18.0 Å². The second-order valence-corrected chi connectivity index (χ2v) is 7.55. The van der Waals surface area contributed by atoms with Crippen molar-refractivity contribution >= 4 is 21.8 Å². The molecule has 25 heavy (non-hydrogen) atoms. The van der Waals surface area contributed by atoms with E-state index in [0.717, 1.165) is 11.8 Å². The molecule has 1 unspecified atom stereocenters. The maximum absolute atomic E-state index is 12.4. The Bertz CT molecular complexity index is 846. The molecule has 132 valence electrons. The van der Waals surface area contributed by atoms with E-state index < -0.39 is 22.0 Å². The van der Waals surface area contributed by atoms with Crippen LogP contribution in [0.2, 0.25) is 0 Å². The van der Waals surface area contributed by atoms with Crippen LogP contribution in [0.25, 0.3) is 0 Å². The summed E-state index contributed by atoms with van der Waals surface area (Å²) in [7, 11) is -3.65. The van der Waals surface area contributed by atoms with Crippen molar-refractivity contribution in [3.8, 4) is 0 Å². The summed E-state index contributed by atoms with van der Waals surface area (Å²) in [5, 5.41) is 2.79. The molecule has 0 radical (unpaired) electrons. The zero-order chi connectivity index (χ0) is 18.4. The number of rotatable bonds is 6. The van der Waals surface area contributed by atoms with Gasteiger partial charge in [-0.1, -0.05) is 48.0 Å². The van der Waals surface area contributed by atoms with Crippen LogP contribution in [0.1, 0.15) is 33.9 Å². The molecule has 2 rings (SSSR count). The molecule has 1 atom stereocenters. The fourth-order valence-electron chi connectivity index (χ4n) is 2.32. The third kappa shape index (κ3) is 6.04. The molecular weight excluding hydrogens is 340 g/mol. The average molecular weight is 360 g/mol. The van der Waals surface area contributed by atoms with Gasteiger partial charge in [0.2, 0.25) is 15.9 Å². The van der Waals surface area contributed by atoms with Gasteiger partial charge in [0, 0.05) is 5.56 Å². The van der Waals surface area contributed by atoms with Gasteiger partial charge < -0.3 is 5.32 Å². The van der Waals surface area contributed by atoms with Crippen LogP contribution in [0, 0.1) is 6.92 Å². The number of carbonyl (C=O) groups is 2. The Balaban J connectivity index is 2.18. The van der Waals surface area contributed by atoms with Gasteiger partial charge >= 0.3 is 0 Å². The number of benzene rings is 2. The van der Waals surface area contributed by atoms with Gasteiger partial charge in [0.05, 0.1) is 18.7 Å². The zero-order valence-electron chi connectivity index (χ0n) is 14.0. The smallest absolute Gasteiger partial charge is 0.251 e. The van der Waals surface area contributed by atoms with Crippen LogP contribution in [-0.4, -0.2) is 26.5 Å². The van der Waals surface area contributed by atoms with Crippen molar-refractivity contribution in [3.63, 3.8) is 0 Å². The van der Waals surface area contributed by atoms with Gasteiger partial charge in [-0.2, -0.15) is 0 Å². The highest BCUT2D eigenvalue weighted by Crippen LogP contribution is 2.17. The van der Waals surface area contributed by atoms with Gasteiger partial charge in [-0.15, -0.1) is 0 Å². The van der Waals surface area contributed by atoms with E-state index in [-0.39, 0.29) is 12.3 Å². The molecular formula is C18H20N2O4S. The summed E-state index contributed by atoms with van der Waals surface area (Å²) in [6, 6.07) is 15.3. The topological polar surface area (TPSA) is 92.3 Å². The molecule has 2 amide bonds. The predicted octanol–water partition coefficient (Wildman–Crippen LogP) is 1.93. The van der Waals surface area contributed by atoms with Crippen LogP contribution < -0.4 is 10.0 Å². The van der Waals surface area contributed by atoms with Gasteiger partial charge in [0.15, 0.2) is 0 Å². The van der Waals surface area contributed by atoms with Gasteiger partial charge in [0.25, 0.3) is 5.91 Å². The summed E-state index contributed by atoms with van der Waals surface area (Å²) in [5.41, 5.74) is 2.21. The second-order valence-electron chi connectivity index (χ2n) is 5.80. The minimum absolute atomic E-state index is 0.186. The molecule has 0 fully saturated rings. The van der Waals surface area contributed by atoms with E-state index in [9.17, 15) is 18.0 Å². The zero-order valence-corrected chi connectivity index (χ0v) is 14.8. The maximum Gasteiger partial charge on any atom is 0.251 e. The van der Waals surface area contributed by atoms with Crippen molar-refractivity contribution in [2.24, 2.45) is 0 Å². The number of aryl methyl sites for hydroxylation is 1. The Morgan fingerprint density at radius 2 is 1.60 bits per heavy atom.